The van der Waals surface area contributed by atoms with E-state index in [-0.39, 0.29) is 73.0 Å². The molecule has 0 saturated carbocycles. The van der Waals surface area contributed by atoms with E-state index in [0.29, 0.717) is 154 Å². The molecule has 0 aliphatic rings. The molecule has 5 N–H and O–H groups in total. The lowest BCUT2D eigenvalue weighted by molar-refractivity contribution is -0.155. The number of nitrogens with zero attached hydrogens (tertiary/aromatic N) is 1. The maximum Gasteiger partial charge on any atom is 0.306 e. The number of aromatic nitrogens is 1. The summed E-state index contributed by atoms with van der Waals surface area (Å²) in [5.74, 6) is -0.492. The number of carbonyl (C=O) groups excluding carboxylic acids is 8. The van der Waals surface area contributed by atoms with Gasteiger partial charge in [0.25, 0.3) is 5.91 Å². The number of carbonyl (C=O) groups is 8. The SMILES string of the molecule is C=CCOC(=O)CCCCOCCOCCOCCCCC(=O)[C@H](CCCCNC(=O)CCCCCCC(=O)CCCCCNC(=O)c1ccc(NC)nc1)NC(=O)CCC(=O)NCCCCCC(=O)OC(C)(C)C. The van der Waals surface area contributed by atoms with Crippen molar-refractivity contribution in [3.63, 3.8) is 0 Å². The van der Waals surface area contributed by atoms with Gasteiger partial charge in [-0.25, -0.2) is 4.98 Å². The molecule has 0 fully saturated rings. The van der Waals surface area contributed by atoms with Gasteiger partial charge in [0, 0.05) is 97.5 Å². The van der Waals surface area contributed by atoms with E-state index in [0.717, 1.165) is 57.8 Å². The first-order valence-corrected chi connectivity index (χ1v) is 27.6. The van der Waals surface area contributed by atoms with Crippen LogP contribution in [0.5, 0.6) is 0 Å². The number of unbranched alkanes of at least 4 members (excludes halogenated alkanes) is 10. The molecule has 1 aromatic heterocycles. The Hall–Kier alpha value is -5.27. The molecule has 1 rings (SSSR count). The maximum absolute atomic E-state index is 13.4. The monoisotopic (exact) mass is 1060 g/mol. The minimum absolute atomic E-state index is 0.0169. The Morgan fingerprint density at radius 2 is 1.07 bits per heavy atom. The number of esters is 2. The number of ketones is 2. The van der Waals surface area contributed by atoms with Crippen molar-refractivity contribution in [2.45, 2.75) is 193 Å². The highest BCUT2D eigenvalue weighted by Gasteiger charge is 2.21. The van der Waals surface area contributed by atoms with Gasteiger partial charge in [-0.05, 0) is 116 Å². The molecule has 0 radical (unpaired) electrons. The smallest absolute Gasteiger partial charge is 0.306 e. The van der Waals surface area contributed by atoms with E-state index in [9.17, 15) is 38.4 Å². The van der Waals surface area contributed by atoms with Crippen LogP contribution in [0.15, 0.2) is 31.0 Å². The molecule has 75 heavy (non-hydrogen) atoms. The molecule has 426 valence electrons. The zero-order valence-electron chi connectivity index (χ0n) is 46.1. The van der Waals surface area contributed by atoms with E-state index in [4.69, 9.17) is 23.7 Å². The van der Waals surface area contributed by atoms with Crippen molar-refractivity contribution in [1.29, 1.82) is 0 Å². The average Bonchev–Trinajstić information content (AvgIpc) is 3.38. The van der Waals surface area contributed by atoms with Crippen molar-refractivity contribution < 1.29 is 62.0 Å². The Morgan fingerprint density at radius 3 is 1.65 bits per heavy atom. The molecule has 0 aromatic carbocycles. The Labute approximate surface area is 447 Å². The summed E-state index contributed by atoms with van der Waals surface area (Å²) >= 11 is 0. The molecule has 1 heterocycles. The van der Waals surface area contributed by atoms with Gasteiger partial charge in [0.2, 0.25) is 17.7 Å². The molecule has 0 bridgehead atoms. The lowest BCUT2D eigenvalue weighted by Gasteiger charge is -2.19. The summed E-state index contributed by atoms with van der Waals surface area (Å²) in [6.45, 7) is 13.3. The molecule has 19 heteroatoms. The van der Waals surface area contributed by atoms with Gasteiger partial charge in [-0.3, -0.25) is 38.4 Å². The number of ether oxygens (including phenoxy) is 5. The molecule has 19 nitrogen and oxygen atoms in total. The fourth-order valence-electron chi connectivity index (χ4n) is 7.48. The third kappa shape index (κ3) is 41.6. The first-order valence-electron chi connectivity index (χ1n) is 27.6. The summed E-state index contributed by atoms with van der Waals surface area (Å²) in [6, 6.07) is 2.76. The summed E-state index contributed by atoms with van der Waals surface area (Å²) in [5.41, 5.74) is -0.0138. The standard InChI is InChI=1S/C56H94N6O13/c1-6-37-74-53(68)28-17-22-39-72-41-43-73-42-40-71-38-21-16-26-48(64)47(62-52(67)33-32-51(66)59-34-18-10-14-29-54(69)75-56(2,3)4)25-15-20-35-58-50(65)27-13-8-7-11-23-46(63)24-12-9-19-36-60-55(70)45-30-31-49(57-5)61-44-45/h6,30-31,44,47H,1,7-29,32-43H2,2-5H3,(H,57,61)(H,58,65)(H,59,66)(H,60,70)(H,62,67)/t47-/m0/s1. The van der Waals surface area contributed by atoms with E-state index < -0.39 is 11.6 Å². The Bertz CT molecular complexity index is 1770. The summed E-state index contributed by atoms with van der Waals surface area (Å²) in [6.07, 6.45) is 17.5. The molecule has 0 spiro atoms. The average molecular weight is 1060 g/mol. The van der Waals surface area contributed by atoms with Crippen molar-refractivity contribution in [3.8, 4) is 0 Å². The van der Waals surface area contributed by atoms with Gasteiger partial charge in [0.1, 0.15) is 23.8 Å². The molecular formula is C56H94N6O13. The van der Waals surface area contributed by atoms with Crippen LogP contribution in [0, 0.1) is 0 Å². The van der Waals surface area contributed by atoms with E-state index in [2.05, 4.69) is 38.1 Å². The maximum atomic E-state index is 13.4. The normalized spacial score (nSPS) is 11.5. The van der Waals surface area contributed by atoms with Crippen LogP contribution >= 0.6 is 0 Å². The fraction of sp³-hybridized carbons (Fsp3) is 0.732. The largest absolute Gasteiger partial charge is 0.461 e. The Balaban J connectivity index is 2.32. The first-order chi connectivity index (χ1) is 36.1. The number of Topliss-reactive ketones (excluding diaryl/α,β-unsaturated/α-hetero) is 2. The predicted molar refractivity (Wildman–Crippen MR) is 289 cm³/mol. The third-order valence-electron chi connectivity index (χ3n) is 11.6. The van der Waals surface area contributed by atoms with E-state index in [1.54, 1.807) is 19.2 Å². The van der Waals surface area contributed by atoms with Gasteiger partial charge >= 0.3 is 11.9 Å². The molecular weight excluding hydrogens is 965 g/mol. The van der Waals surface area contributed by atoms with E-state index >= 15 is 0 Å². The summed E-state index contributed by atoms with van der Waals surface area (Å²) in [4.78, 5) is 103. The van der Waals surface area contributed by atoms with Gasteiger partial charge in [0.15, 0.2) is 5.78 Å². The van der Waals surface area contributed by atoms with Crippen molar-refractivity contribution in [2.24, 2.45) is 0 Å². The molecule has 0 aliphatic heterocycles. The predicted octanol–water partition coefficient (Wildman–Crippen LogP) is 7.58. The number of hydrogen-bond donors (Lipinski definition) is 5. The van der Waals surface area contributed by atoms with Gasteiger partial charge in [0.05, 0.1) is 38.0 Å². The molecule has 4 amide bonds. The topological polar surface area (TPSA) is 256 Å². The number of amides is 4. The summed E-state index contributed by atoms with van der Waals surface area (Å²) in [7, 11) is 1.77. The first kappa shape index (κ1) is 67.7. The van der Waals surface area contributed by atoms with Gasteiger partial charge < -0.3 is 50.3 Å². The van der Waals surface area contributed by atoms with E-state index in [1.165, 1.54) is 12.3 Å². The lowest BCUT2D eigenvalue weighted by Crippen LogP contribution is -2.41. The van der Waals surface area contributed by atoms with E-state index in [1.807, 2.05) is 20.8 Å². The lowest BCUT2D eigenvalue weighted by atomic mass is 10.0. The number of rotatable bonds is 49. The summed E-state index contributed by atoms with van der Waals surface area (Å²) < 4.78 is 27.0. The second-order valence-corrected chi connectivity index (χ2v) is 19.6. The van der Waals surface area contributed by atoms with Crippen LogP contribution in [0.25, 0.3) is 0 Å². The van der Waals surface area contributed by atoms with Crippen LogP contribution in [0.4, 0.5) is 5.82 Å². The second-order valence-electron chi connectivity index (χ2n) is 19.6. The zero-order valence-corrected chi connectivity index (χ0v) is 46.1. The summed E-state index contributed by atoms with van der Waals surface area (Å²) in [5, 5.41) is 14.4. The van der Waals surface area contributed by atoms with Crippen LogP contribution < -0.4 is 26.6 Å². The van der Waals surface area contributed by atoms with Crippen molar-refractivity contribution in [3.05, 3.63) is 36.5 Å². The Morgan fingerprint density at radius 1 is 0.560 bits per heavy atom. The number of anilines is 1. The molecule has 1 aromatic rings. The van der Waals surface area contributed by atoms with Gasteiger partial charge in [-0.2, -0.15) is 0 Å². The highest BCUT2D eigenvalue weighted by Crippen LogP contribution is 2.13. The fourth-order valence-corrected chi connectivity index (χ4v) is 7.48. The highest BCUT2D eigenvalue weighted by molar-refractivity contribution is 5.94. The number of hydrogen-bond acceptors (Lipinski definition) is 15. The third-order valence-corrected chi connectivity index (χ3v) is 11.6. The number of pyridine rings is 1. The van der Waals surface area contributed by atoms with Gasteiger partial charge in [-0.1, -0.05) is 38.3 Å². The molecule has 1 atom stereocenters. The van der Waals surface area contributed by atoms with Crippen molar-refractivity contribution in [1.82, 2.24) is 26.3 Å². The quantitative estimate of drug-likeness (QED) is 0.0239. The molecule has 0 unspecified atom stereocenters. The zero-order chi connectivity index (χ0) is 55.2. The van der Waals surface area contributed by atoms with Crippen LogP contribution in [0.3, 0.4) is 0 Å². The van der Waals surface area contributed by atoms with Gasteiger partial charge in [-0.15, -0.1) is 0 Å². The van der Waals surface area contributed by atoms with Crippen LogP contribution in [-0.4, -0.2) is 137 Å². The highest BCUT2D eigenvalue weighted by atomic mass is 16.6. The minimum Gasteiger partial charge on any atom is -0.461 e. The molecule has 0 saturated heterocycles. The van der Waals surface area contributed by atoms with Crippen molar-refractivity contribution >= 4 is 53.0 Å². The van der Waals surface area contributed by atoms with Crippen LogP contribution in [0.1, 0.15) is 192 Å². The minimum atomic E-state index is -0.714. The number of nitrogens with one attached hydrogen (secondary N) is 5. The van der Waals surface area contributed by atoms with Crippen molar-refractivity contribution in [2.75, 3.05) is 78.2 Å². The van der Waals surface area contributed by atoms with Crippen LogP contribution in [-0.2, 0) is 57.2 Å². The molecule has 0 aliphatic carbocycles. The van der Waals surface area contributed by atoms with Crippen LogP contribution in [0.2, 0.25) is 0 Å². The Kier molecular flexibility index (Phi) is 40.6. The second kappa shape index (κ2) is 45.0.